The van der Waals surface area contributed by atoms with Gasteiger partial charge in [-0.25, -0.2) is 4.68 Å². The lowest BCUT2D eigenvalue weighted by Crippen LogP contribution is -2.49. The summed E-state index contributed by atoms with van der Waals surface area (Å²) in [6.45, 7) is 10.9. The van der Waals surface area contributed by atoms with Crippen molar-refractivity contribution in [1.82, 2.24) is 14.8 Å². The van der Waals surface area contributed by atoms with E-state index in [0.29, 0.717) is 22.8 Å². The second kappa shape index (κ2) is 7.10. The molecule has 0 aromatic carbocycles. The Hall–Kier alpha value is -2.37. The molecule has 3 N–H and O–H groups in total. The van der Waals surface area contributed by atoms with E-state index in [9.17, 15) is 10.4 Å². The van der Waals surface area contributed by atoms with Gasteiger partial charge in [0.25, 0.3) is 0 Å². The monoisotopic (exact) mass is 354 g/mol. The SMILES string of the molecule is CC(C)n1nc(-c2ccc([B]OC(C)(C)C(C)(C)O)cn2)c(C#N)c1N. The van der Waals surface area contributed by atoms with E-state index < -0.39 is 11.2 Å². The summed E-state index contributed by atoms with van der Waals surface area (Å²) in [7, 11) is 1.56. The molecule has 0 saturated heterocycles. The standard InChI is InChI=1S/C18H25BN5O2/c1-11(2)24-16(21)13(9-20)15(23-24)14-8-7-12(10-22-14)19-26-18(5,6)17(3,4)25/h7-8,10-11,25H,21H2,1-6H3. The van der Waals surface area contributed by atoms with E-state index in [1.807, 2.05) is 33.8 Å². The fourth-order valence-electron chi connectivity index (χ4n) is 2.11. The maximum Gasteiger partial charge on any atom is 0.332 e. The molecule has 2 aromatic heterocycles. The molecule has 0 amide bonds. The van der Waals surface area contributed by atoms with Crippen LogP contribution < -0.4 is 11.2 Å². The van der Waals surface area contributed by atoms with Crippen LogP contribution in [0.4, 0.5) is 5.82 Å². The molecule has 137 valence electrons. The Morgan fingerprint density at radius 2 is 1.96 bits per heavy atom. The minimum Gasteiger partial charge on any atom is -0.427 e. The molecule has 0 fully saturated rings. The minimum absolute atomic E-state index is 0.0425. The summed E-state index contributed by atoms with van der Waals surface area (Å²) in [5.74, 6) is 0.338. The minimum atomic E-state index is -1.00. The molecular weight excluding hydrogens is 329 g/mol. The van der Waals surface area contributed by atoms with Gasteiger partial charge in [0.05, 0.1) is 16.9 Å². The number of nitrogens with zero attached hydrogens (tertiary/aromatic N) is 4. The van der Waals surface area contributed by atoms with Crippen molar-refractivity contribution in [1.29, 1.82) is 5.26 Å². The lowest BCUT2D eigenvalue weighted by Gasteiger charge is -2.37. The van der Waals surface area contributed by atoms with Crippen molar-refractivity contribution in [3.05, 3.63) is 23.9 Å². The normalized spacial score (nSPS) is 12.3. The molecule has 0 atom stereocenters. The number of hydrogen-bond donors (Lipinski definition) is 2. The number of aliphatic hydroxyl groups is 1. The number of nitrogens with two attached hydrogens (primary N) is 1. The largest absolute Gasteiger partial charge is 0.427 e. The van der Waals surface area contributed by atoms with Crippen molar-refractivity contribution in [2.45, 2.75) is 58.8 Å². The van der Waals surface area contributed by atoms with Crippen LogP contribution in [0.1, 0.15) is 53.1 Å². The average Bonchev–Trinajstić information content (AvgIpc) is 2.89. The summed E-state index contributed by atoms with van der Waals surface area (Å²) in [6.07, 6.45) is 1.63. The van der Waals surface area contributed by atoms with Crippen molar-refractivity contribution in [2.75, 3.05) is 5.73 Å². The molecule has 0 saturated carbocycles. The Labute approximate surface area is 155 Å². The number of rotatable bonds is 6. The third-order valence-corrected chi connectivity index (χ3v) is 4.54. The molecule has 0 aliphatic rings. The molecule has 2 heterocycles. The first-order valence-corrected chi connectivity index (χ1v) is 8.46. The van der Waals surface area contributed by atoms with Crippen LogP contribution in [0.2, 0.25) is 0 Å². The molecule has 7 nitrogen and oxygen atoms in total. The molecule has 2 aromatic rings. The number of nitrogen functional groups attached to an aromatic ring is 1. The zero-order valence-corrected chi connectivity index (χ0v) is 16.1. The fraction of sp³-hybridized carbons (Fsp3) is 0.500. The van der Waals surface area contributed by atoms with E-state index in [1.165, 1.54) is 0 Å². The summed E-state index contributed by atoms with van der Waals surface area (Å²) in [6, 6.07) is 5.73. The van der Waals surface area contributed by atoms with Crippen LogP contribution in [0.5, 0.6) is 0 Å². The third kappa shape index (κ3) is 3.89. The van der Waals surface area contributed by atoms with Gasteiger partial charge in [0, 0.05) is 12.2 Å². The van der Waals surface area contributed by atoms with Gasteiger partial charge < -0.3 is 15.5 Å². The van der Waals surface area contributed by atoms with E-state index in [0.717, 1.165) is 5.46 Å². The number of aromatic nitrogens is 3. The zero-order valence-electron chi connectivity index (χ0n) is 16.1. The number of hydrogen-bond acceptors (Lipinski definition) is 6. The Bertz CT molecular complexity index is 814. The maximum atomic E-state index is 10.1. The van der Waals surface area contributed by atoms with Crippen LogP contribution in [-0.2, 0) is 4.65 Å². The highest BCUT2D eigenvalue weighted by molar-refractivity contribution is 6.46. The summed E-state index contributed by atoms with van der Waals surface area (Å²) in [5.41, 5.74) is 6.34. The molecular formula is C18H25BN5O2. The van der Waals surface area contributed by atoms with Gasteiger partial charge in [0.15, 0.2) is 0 Å². The van der Waals surface area contributed by atoms with Crippen molar-refractivity contribution in [3.63, 3.8) is 0 Å². The summed E-state index contributed by atoms with van der Waals surface area (Å²) >= 11 is 0. The van der Waals surface area contributed by atoms with Crippen molar-refractivity contribution in [3.8, 4) is 17.5 Å². The Balaban J connectivity index is 2.23. The second-order valence-corrected chi connectivity index (χ2v) is 7.54. The predicted octanol–water partition coefficient (Wildman–Crippen LogP) is 1.79. The van der Waals surface area contributed by atoms with E-state index in [4.69, 9.17) is 10.4 Å². The molecule has 8 heteroatoms. The van der Waals surface area contributed by atoms with Crippen LogP contribution in [0.15, 0.2) is 18.3 Å². The van der Waals surface area contributed by atoms with Crippen molar-refractivity contribution < 1.29 is 9.76 Å². The number of nitriles is 1. The van der Waals surface area contributed by atoms with Crippen LogP contribution in [0.3, 0.4) is 0 Å². The molecule has 0 spiro atoms. The van der Waals surface area contributed by atoms with Crippen LogP contribution in [0.25, 0.3) is 11.4 Å². The second-order valence-electron chi connectivity index (χ2n) is 7.54. The Morgan fingerprint density at radius 1 is 1.31 bits per heavy atom. The van der Waals surface area contributed by atoms with Gasteiger partial charge in [0.1, 0.15) is 23.1 Å². The van der Waals surface area contributed by atoms with E-state index in [1.54, 1.807) is 38.3 Å². The van der Waals surface area contributed by atoms with Gasteiger partial charge in [0.2, 0.25) is 0 Å². The van der Waals surface area contributed by atoms with Gasteiger partial charge in [-0.2, -0.15) is 10.4 Å². The van der Waals surface area contributed by atoms with Gasteiger partial charge in [-0.3, -0.25) is 4.98 Å². The smallest absolute Gasteiger partial charge is 0.332 e. The summed E-state index contributed by atoms with van der Waals surface area (Å²) in [4.78, 5) is 4.38. The molecule has 0 aliphatic heterocycles. The van der Waals surface area contributed by atoms with Gasteiger partial charge in [-0.15, -0.1) is 0 Å². The van der Waals surface area contributed by atoms with Gasteiger partial charge in [-0.1, -0.05) is 6.07 Å². The van der Waals surface area contributed by atoms with Gasteiger partial charge in [-0.05, 0) is 53.1 Å². The summed E-state index contributed by atoms with van der Waals surface area (Å²) < 4.78 is 7.33. The molecule has 26 heavy (non-hydrogen) atoms. The van der Waals surface area contributed by atoms with Crippen LogP contribution in [-0.4, -0.2) is 38.6 Å². The van der Waals surface area contributed by atoms with Crippen molar-refractivity contribution >= 4 is 18.8 Å². The lowest BCUT2D eigenvalue weighted by molar-refractivity contribution is -0.0893. The lowest BCUT2D eigenvalue weighted by atomic mass is 9.83. The van der Waals surface area contributed by atoms with E-state index in [-0.39, 0.29) is 6.04 Å². The zero-order chi connectivity index (χ0) is 19.7. The first kappa shape index (κ1) is 20.0. The average molecular weight is 354 g/mol. The number of pyridine rings is 1. The highest BCUT2D eigenvalue weighted by Crippen LogP contribution is 2.27. The molecule has 0 bridgehead atoms. The molecule has 0 aliphatic carbocycles. The van der Waals surface area contributed by atoms with Crippen LogP contribution >= 0.6 is 0 Å². The fourth-order valence-corrected chi connectivity index (χ4v) is 2.11. The van der Waals surface area contributed by atoms with Crippen LogP contribution in [0, 0.1) is 11.3 Å². The first-order valence-electron chi connectivity index (χ1n) is 8.46. The first-order chi connectivity index (χ1) is 12.0. The Kier molecular flexibility index (Phi) is 5.45. The Morgan fingerprint density at radius 3 is 2.42 bits per heavy atom. The highest BCUT2D eigenvalue weighted by Gasteiger charge is 2.35. The molecule has 1 radical (unpaired) electrons. The summed E-state index contributed by atoms with van der Waals surface area (Å²) in [5, 5.41) is 24.0. The quantitative estimate of drug-likeness (QED) is 0.766. The molecule has 0 unspecified atom stereocenters. The topological polar surface area (TPSA) is 110 Å². The molecule has 2 rings (SSSR count). The maximum absolute atomic E-state index is 10.1. The highest BCUT2D eigenvalue weighted by atomic mass is 16.5. The number of anilines is 1. The van der Waals surface area contributed by atoms with E-state index in [2.05, 4.69) is 16.2 Å². The predicted molar refractivity (Wildman–Crippen MR) is 102 cm³/mol. The third-order valence-electron chi connectivity index (χ3n) is 4.54. The van der Waals surface area contributed by atoms with Crippen molar-refractivity contribution in [2.24, 2.45) is 0 Å². The van der Waals surface area contributed by atoms with Gasteiger partial charge >= 0.3 is 7.48 Å². The van der Waals surface area contributed by atoms with E-state index >= 15 is 0 Å².